The maximum absolute atomic E-state index is 14.3. The first-order valence-electron chi connectivity index (χ1n) is 27.6. The normalized spacial score (nSPS) is 14.5. The standard InChI is InChI=1S/C60H104ClNO4/c1-7-10-13-16-19-22-25-28-31-34-37-40-43-46-49-52-55(63)59(6,62)60(61,56(64)53-50-47-44-41-38-35-32-29-26-23-20-17-14-11-8-2)58(4,5)66-57(65)54-51-48-45-42-39-36-33-30-27-24-21-18-15-12-9-3/h19-24,28-33H,7-18,25-27,34-54,62H2,1-6H3/b22-19-,23-20-,24-21-,31-28-,32-29-,33-30-. The van der Waals surface area contributed by atoms with Crippen LogP contribution in [-0.2, 0) is 19.1 Å². The molecule has 0 aromatic rings. The Kier molecular flexibility index (Phi) is 42.1. The van der Waals surface area contributed by atoms with Crippen LogP contribution in [0.5, 0.6) is 0 Å². The van der Waals surface area contributed by atoms with Gasteiger partial charge in [-0.2, -0.15) is 0 Å². The SMILES string of the molecule is CCCCC/C=C\C/C=C\CCCCCCCC(=O)OC(C)(C)C(Cl)(C(=O)CCCCCCC/C=C\C/C=C\CCCCC)C(C)(N)C(=O)CCCCCCC/C=C\C/C=C\CCCCC. The number of rotatable bonds is 47. The fraction of sp³-hybridized carbons (Fsp3) is 0.750. The van der Waals surface area contributed by atoms with Gasteiger partial charge in [-0.15, -0.1) is 11.6 Å². The second kappa shape index (κ2) is 43.8. The molecule has 0 heterocycles. The van der Waals surface area contributed by atoms with Crippen molar-refractivity contribution < 1.29 is 19.1 Å². The molecule has 0 fully saturated rings. The molecule has 2 atom stereocenters. The van der Waals surface area contributed by atoms with Gasteiger partial charge in [0.2, 0.25) is 0 Å². The third kappa shape index (κ3) is 32.3. The Hall–Kier alpha value is -2.50. The van der Waals surface area contributed by atoms with Gasteiger partial charge in [-0.25, -0.2) is 0 Å². The van der Waals surface area contributed by atoms with E-state index in [0.717, 1.165) is 116 Å². The molecule has 5 nitrogen and oxygen atoms in total. The zero-order valence-electron chi connectivity index (χ0n) is 44.0. The minimum Gasteiger partial charge on any atom is -0.457 e. The van der Waals surface area contributed by atoms with E-state index in [4.69, 9.17) is 22.1 Å². The Morgan fingerprint density at radius 2 is 0.667 bits per heavy atom. The second-order valence-corrected chi connectivity index (χ2v) is 20.2. The molecule has 0 saturated carbocycles. The average Bonchev–Trinajstić information content (AvgIpc) is 3.29. The van der Waals surface area contributed by atoms with Gasteiger partial charge in [0, 0.05) is 19.3 Å². The predicted molar refractivity (Wildman–Crippen MR) is 289 cm³/mol. The van der Waals surface area contributed by atoms with E-state index in [1.165, 1.54) is 77.0 Å². The minimum absolute atomic E-state index is 0.184. The lowest BCUT2D eigenvalue weighted by molar-refractivity contribution is -0.166. The first-order chi connectivity index (χ1) is 31.9. The van der Waals surface area contributed by atoms with Crippen LogP contribution in [0, 0.1) is 0 Å². The van der Waals surface area contributed by atoms with Crippen molar-refractivity contribution in [2.24, 2.45) is 5.73 Å². The van der Waals surface area contributed by atoms with Gasteiger partial charge in [0.25, 0.3) is 0 Å². The minimum atomic E-state index is -1.91. The molecule has 380 valence electrons. The molecule has 0 amide bonds. The van der Waals surface area contributed by atoms with Gasteiger partial charge in [-0.3, -0.25) is 14.4 Å². The van der Waals surface area contributed by atoms with Crippen LogP contribution in [0.15, 0.2) is 72.9 Å². The summed E-state index contributed by atoms with van der Waals surface area (Å²) in [4.78, 5) is 39.7. The van der Waals surface area contributed by atoms with Gasteiger partial charge in [0.15, 0.2) is 16.4 Å². The van der Waals surface area contributed by atoms with Crippen LogP contribution in [0.25, 0.3) is 0 Å². The number of allylic oxidation sites excluding steroid dienone is 12. The third-order valence-electron chi connectivity index (χ3n) is 12.9. The highest BCUT2D eigenvalue weighted by Crippen LogP contribution is 2.44. The van der Waals surface area contributed by atoms with Crippen LogP contribution in [0.1, 0.15) is 273 Å². The van der Waals surface area contributed by atoms with Crippen molar-refractivity contribution in [3.8, 4) is 0 Å². The topological polar surface area (TPSA) is 86.5 Å². The van der Waals surface area contributed by atoms with Crippen LogP contribution in [0.4, 0.5) is 0 Å². The summed E-state index contributed by atoms with van der Waals surface area (Å²) in [5, 5.41) is 0. The zero-order valence-corrected chi connectivity index (χ0v) is 44.7. The van der Waals surface area contributed by atoms with Crippen LogP contribution in [-0.4, -0.2) is 33.5 Å². The lowest BCUT2D eigenvalue weighted by atomic mass is 9.68. The molecule has 0 aromatic carbocycles. The summed E-state index contributed by atoms with van der Waals surface area (Å²) < 4.78 is 6.08. The Morgan fingerprint density at radius 1 is 0.394 bits per heavy atom. The number of esters is 1. The molecular weight excluding hydrogens is 834 g/mol. The van der Waals surface area contributed by atoms with E-state index in [9.17, 15) is 14.4 Å². The highest BCUT2D eigenvalue weighted by molar-refractivity contribution is 6.39. The molecule has 2 N–H and O–H groups in total. The molecule has 0 saturated heterocycles. The molecule has 0 bridgehead atoms. The quantitative estimate of drug-likeness (QED) is 0.0284. The van der Waals surface area contributed by atoms with E-state index in [0.29, 0.717) is 19.3 Å². The molecule has 0 aliphatic heterocycles. The third-order valence-corrected chi connectivity index (χ3v) is 14.0. The van der Waals surface area contributed by atoms with Crippen molar-refractivity contribution in [2.45, 2.75) is 289 Å². The highest BCUT2D eigenvalue weighted by atomic mass is 35.5. The van der Waals surface area contributed by atoms with Crippen molar-refractivity contribution in [2.75, 3.05) is 0 Å². The Bertz CT molecular complexity index is 1370. The fourth-order valence-electron chi connectivity index (χ4n) is 8.56. The molecule has 66 heavy (non-hydrogen) atoms. The van der Waals surface area contributed by atoms with Crippen LogP contribution < -0.4 is 5.73 Å². The fourth-order valence-corrected chi connectivity index (χ4v) is 8.79. The zero-order chi connectivity index (χ0) is 48.9. The predicted octanol–water partition coefficient (Wildman–Crippen LogP) is 18.6. The van der Waals surface area contributed by atoms with Crippen molar-refractivity contribution in [3.05, 3.63) is 72.9 Å². The van der Waals surface area contributed by atoms with E-state index < -0.39 is 22.0 Å². The number of alkyl halides is 1. The molecule has 0 radical (unpaired) electrons. The van der Waals surface area contributed by atoms with Gasteiger partial charge in [-0.05, 0) is 136 Å². The van der Waals surface area contributed by atoms with E-state index in [1.54, 1.807) is 20.8 Å². The smallest absolute Gasteiger partial charge is 0.306 e. The molecule has 0 aliphatic carbocycles. The number of carbonyl (C=O) groups excluding carboxylic acids is 3. The van der Waals surface area contributed by atoms with Crippen molar-refractivity contribution in [3.63, 3.8) is 0 Å². The number of unbranched alkanes of at least 4 members (excludes halogenated alkanes) is 24. The van der Waals surface area contributed by atoms with E-state index >= 15 is 0 Å². The Morgan fingerprint density at radius 3 is 1.00 bits per heavy atom. The first-order valence-corrected chi connectivity index (χ1v) is 28.0. The maximum atomic E-state index is 14.3. The first kappa shape index (κ1) is 63.5. The summed E-state index contributed by atoms with van der Waals surface area (Å²) in [6, 6.07) is 0. The number of carbonyl (C=O) groups is 3. The number of nitrogens with two attached hydrogens (primary N) is 1. The summed E-state index contributed by atoms with van der Waals surface area (Å²) in [6.45, 7) is 11.6. The molecule has 0 aromatic heterocycles. The monoisotopic (exact) mass is 938 g/mol. The van der Waals surface area contributed by atoms with Gasteiger partial charge in [0.05, 0.1) is 0 Å². The van der Waals surface area contributed by atoms with Crippen molar-refractivity contribution in [1.82, 2.24) is 0 Å². The van der Waals surface area contributed by atoms with Crippen LogP contribution >= 0.6 is 11.6 Å². The molecule has 6 heteroatoms. The van der Waals surface area contributed by atoms with Crippen LogP contribution in [0.2, 0.25) is 0 Å². The number of ketones is 2. The van der Waals surface area contributed by atoms with Crippen molar-refractivity contribution >= 4 is 29.1 Å². The molecule has 2 unspecified atom stereocenters. The average molecular weight is 939 g/mol. The second-order valence-electron chi connectivity index (χ2n) is 19.6. The van der Waals surface area contributed by atoms with E-state index in [2.05, 4.69) is 93.7 Å². The Labute approximate surface area is 413 Å². The number of hydrogen-bond acceptors (Lipinski definition) is 5. The maximum Gasteiger partial charge on any atom is 0.306 e. The summed E-state index contributed by atoms with van der Waals surface area (Å²) in [5.74, 6) is -0.977. The molecule has 0 spiro atoms. The number of ether oxygens (including phenoxy) is 1. The Balaban J connectivity index is 5.16. The highest BCUT2D eigenvalue weighted by Gasteiger charge is 2.63. The van der Waals surface area contributed by atoms with Crippen LogP contribution in [0.3, 0.4) is 0 Å². The summed E-state index contributed by atoms with van der Waals surface area (Å²) in [7, 11) is 0. The van der Waals surface area contributed by atoms with E-state index in [-0.39, 0.29) is 30.8 Å². The van der Waals surface area contributed by atoms with Gasteiger partial charge in [-0.1, -0.05) is 190 Å². The molecule has 0 aliphatic rings. The molecular formula is C60H104ClNO4. The number of Topliss-reactive ketones (excluding diaryl/α,β-unsaturated/α-hetero) is 2. The number of hydrogen-bond donors (Lipinski definition) is 1. The van der Waals surface area contributed by atoms with Gasteiger partial charge >= 0.3 is 5.97 Å². The van der Waals surface area contributed by atoms with E-state index in [1.807, 2.05) is 0 Å². The van der Waals surface area contributed by atoms with Gasteiger partial charge < -0.3 is 10.5 Å². The lowest BCUT2D eigenvalue weighted by Crippen LogP contribution is -2.73. The summed E-state index contributed by atoms with van der Waals surface area (Å²) in [5.41, 5.74) is 3.72. The summed E-state index contributed by atoms with van der Waals surface area (Å²) in [6.07, 6.45) is 63.7. The summed E-state index contributed by atoms with van der Waals surface area (Å²) >= 11 is 7.44. The lowest BCUT2D eigenvalue weighted by Gasteiger charge is -2.48. The molecule has 0 rings (SSSR count). The largest absolute Gasteiger partial charge is 0.457 e. The van der Waals surface area contributed by atoms with Gasteiger partial charge in [0.1, 0.15) is 11.1 Å². The number of halogens is 1. The van der Waals surface area contributed by atoms with Crippen molar-refractivity contribution in [1.29, 1.82) is 0 Å².